The van der Waals surface area contributed by atoms with Gasteiger partial charge in [-0.15, -0.1) is 11.3 Å². The molecule has 0 spiro atoms. The van der Waals surface area contributed by atoms with E-state index in [1.54, 1.807) is 18.2 Å². The molecule has 0 bridgehead atoms. The fourth-order valence-electron chi connectivity index (χ4n) is 3.15. The van der Waals surface area contributed by atoms with Crippen LogP contribution in [-0.4, -0.2) is 50.4 Å². The highest BCUT2D eigenvalue weighted by Crippen LogP contribution is 2.51. The van der Waals surface area contributed by atoms with E-state index in [1.807, 2.05) is 22.4 Å². The summed E-state index contributed by atoms with van der Waals surface area (Å²) in [7, 11) is -2.92. The molecule has 3 aromatic rings. The third-order valence-corrected chi connectivity index (χ3v) is 7.48. The van der Waals surface area contributed by atoms with E-state index in [1.165, 1.54) is 11.3 Å². The molecule has 156 valence electrons. The second-order valence-electron chi connectivity index (χ2n) is 6.82. The lowest BCUT2D eigenvalue weighted by Crippen LogP contribution is -2.35. The summed E-state index contributed by atoms with van der Waals surface area (Å²) in [6, 6.07) is 8.97. The Morgan fingerprint density at radius 1 is 1.24 bits per heavy atom. The van der Waals surface area contributed by atoms with Crippen molar-refractivity contribution in [3.05, 3.63) is 41.3 Å². The largest absolute Gasteiger partial charge is 0.363 e. The summed E-state index contributed by atoms with van der Waals surface area (Å²) < 4.78 is 49.0. The molecule has 5 N–H and O–H groups in total. The van der Waals surface area contributed by atoms with Gasteiger partial charge in [0.05, 0.1) is 34.0 Å². The molecule has 0 amide bonds. The van der Waals surface area contributed by atoms with E-state index in [0.717, 1.165) is 5.56 Å². The maximum atomic E-state index is 13.6. The van der Waals surface area contributed by atoms with Crippen LogP contribution in [0.25, 0.3) is 10.2 Å². The van der Waals surface area contributed by atoms with Crippen molar-refractivity contribution in [2.45, 2.75) is 17.4 Å². The smallest absolute Gasteiger partial charge is 0.276 e. The van der Waals surface area contributed by atoms with Crippen molar-refractivity contribution in [2.75, 3.05) is 35.6 Å². The number of anilines is 2. The van der Waals surface area contributed by atoms with Crippen molar-refractivity contribution in [1.29, 1.82) is 0 Å². The third kappa shape index (κ3) is 4.14. The quantitative estimate of drug-likeness (QED) is 0.477. The number of benzene rings is 1. The number of halogens is 2. The Labute approximate surface area is 171 Å². The average Bonchev–Trinajstić information content (AvgIpc) is 3.13. The van der Waals surface area contributed by atoms with Crippen molar-refractivity contribution in [2.24, 2.45) is 5.73 Å². The lowest BCUT2D eigenvalue weighted by Gasteiger charge is -2.32. The Morgan fingerprint density at radius 2 is 2.03 bits per heavy atom. The number of hydrogen-bond acceptors (Lipinski definition) is 8. The molecule has 3 heterocycles. The highest BCUT2D eigenvalue weighted by atomic mass is 32.3. The summed E-state index contributed by atoms with van der Waals surface area (Å²) in [5.74, 6) is -2.24. The molecule has 7 nitrogen and oxygen atoms in total. The van der Waals surface area contributed by atoms with Gasteiger partial charge in [0.1, 0.15) is 5.82 Å². The topological polar surface area (TPSA) is 108 Å². The number of alkyl halides is 2. The fraction of sp³-hybridized carbons (Fsp3) is 0.333. The molecule has 1 aliphatic heterocycles. The summed E-state index contributed by atoms with van der Waals surface area (Å²) in [4.78, 5) is 11.4. The minimum atomic E-state index is -3.05. The number of aromatic nitrogens is 2. The van der Waals surface area contributed by atoms with E-state index in [-0.39, 0.29) is 5.75 Å². The minimum absolute atomic E-state index is 0.142. The first-order chi connectivity index (χ1) is 13.8. The maximum Gasteiger partial charge on any atom is 0.276 e. The van der Waals surface area contributed by atoms with Gasteiger partial charge in [-0.3, -0.25) is 9.11 Å². The zero-order valence-electron chi connectivity index (χ0n) is 15.4. The molecule has 0 radical (unpaired) electrons. The Morgan fingerprint density at radius 3 is 2.83 bits per heavy atom. The molecular weight excluding hydrogens is 420 g/mol. The molecule has 11 heteroatoms. The molecule has 0 saturated heterocycles. The maximum absolute atomic E-state index is 13.6. The molecule has 29 heavy (non-hydrogen) atoms. The van der Waals surface area contributed by atoms with E-state index < -0.39 is 29.6 Å². The first kappa shape index (κ1) is 20.2. The molecule has 1 aromatic carbocycles. The van der Waals surface area contributed by atoms with Crippen molar-refractivity contribution < 1.29 is 17.9 Å². The van der Waals surface area contributed by atoms with Crippen LogP contribution < -0.4 is 16.0 Å². The summed E-state index contributed by atoms with van der Waals surface area (Å²) in [5, 5.41) is 4.53. The number of fused-ring (bicyclic) bond motifs is 2. The van der Waals surface area contributed by atoms with Crippen molar-refractivity contribution >= 4 is 43.9 Å². The monoisotopic (exact) mass is 441 g/mol. The highest BCUT2D eigenvalue weighted by molar-refractivity contribution is 8.24. The summed E-state index contributed by atoms with van der Waals surface area (Å²) in [6.45, 7) is -0.673. The molecule has 2 aromatic heterocycles. The van der Waals surface area contributed by atoms with Gasteiger partial charge < -0.3 is 16.0 Å². The van der Waals surface area contributed by atoms with Gasteiger partial charge in [-0.05, 0) is 23.1 Å². The van der Waals surface area contributed by atoms with Gasteiger partial charge in [0.15, 0.2) is 0 Å². The van der Waals surface area contributed by atoms with E-state index in [0.29, 0.717) is 40.0 Å². The molecule has 0 unspecified atom stereocenters. The van der Waals surface area contributed by atoms with Gasteiger partial charge >= 0.3 is 0 Å². The van der Waals surface area contributed by atoms with E-state index >= 15 is 0 Å². The number of rotatable bonds is 5. The number of nitrogens with zero attached hydrogens (tertiary/aromatic N) is 3. The molecule has 0 atom stereocenters. The summed E-state index contributed by atoms with van der Waals surface area (Å²) in [6.07, 6.45) is 0. The zero-order valence-corrected chi connectivity index (χ0v) is 17.0. The number of hydrogen-bond donors (Lipinski definition) is 4. The van der Waals surface area contributed by atoms with Crippen molar-refractivity contribution in [3.8, 4) is 0 Å². The van der Waals surface area contributed by atoms with E-state index in [2.05, 4.69) is 15.3 Å². The molecular formula is C18H21F2N5O2S2. The van der Waals surface area contributed by atoms with Gasteiger partial charge in [0.2, 0.25) is 5.95 Å². The average molecular weight is 442 g/mol. The standard InChI is InChI=1S/C18H21F2N5O2S2/c19-18(20,10-21)11-22-16-15-13(5-7-28-15)23-17(24-16)25-6-8-29(26,27)14-4-2-1-3-12(14)9-25/h1-5,7,26-27H,6,8-11,21H2,(H,22,23,24). The van der Waals surface area contributed by atoms with Crippen LogP contribution in [0.1, 0.15) is 5.56 Å². The molecule has 1 aliphatic rings. The summed E-state index contributed by atoms with van der Waals surface area (Å²) in [5.41, 5.74) is 6.55. The lowest BCUT2D eigenvalue weighted by molar-refractivity contribution is 0.0253. The predicted molar refractivity (Wildman–Crippen MR) is 113 cm³/mol. The van der Waals surface area contributed by atoms with Gasteiger partial charge in [-0.1, -0.05) is 18.2 Å². The van der Waals surface area contributed by atoms with Gasteiger partial charge in [0, 0.05) is 13.1 Å². The van der Waals surface area contributed by atoms with Crippen molar-refractivity contribution in [1.82, 2.24) is 9.97 Å². The number of nitrogens with one attached hydrogen (secondary N) is 1. The van der Waals surface area contributed by atoms with Crippen LogP contribution in [0.2, 0.25) is 0 Å². The van der Waals surface area contributed by atoms with Crippen LogP contribution >= 0.6 is 21.9 Å². The fourth-order valence-corrected chi connectivity index (χ4v) is 5.49. The van der Waals surface area contributed by atoms with Gasteiger partial charge in [-0.25, -0.2) is 13.8 Å². The predicted octanol–water partition coefficient (Wildman–Crippen LogP) is 3.83. The lowest BCUT2D eigenvalue weighted by atomic mass is 10.2. The molecule has 0 aliphatic carbocycles. The molecule has 0 fully saturated rings. The second kappa shape index (κ2) is 7.65. The first-order valence-electron chi connectivity index (χ1n) is 8.95. The number of thiophene rings is 1. The first-order valence-corrected chi connectivity index (χ1v) is 11.5. The van der Waals surface area contributed by atoms with E-state index in [4.69, 9.17) is 5.73 Å². The molecule has 4 rings (SSSR count). The Hall–Kier alpha value is -2.05. The minimum Gasteiger partial charge on any atom is -0.363 e. The second-order valence-corrected chi connectivity index (χ2v) is 9.92. The van der Waals surface area contributed by atoms with Crippen LogP contribution in [0.3, 0.4) is 0 Å². The SMILES string of the molecule is NCC(F)(F)CNc1nc(N2CCS(O)(O)c3ccccc3C2)nc2ccsc12. The van der Waals surface area contributed by atoms with Crippen LogP contribution in [0.5, 0.6) is 0 Å². The van der Waals surface area contributed by atoms with Crippen LogP contribution in [0, 0.1) is 0 Å². The molecule has 0 saturated carbocycles. The van der Waals surface area contributed by atoms with Crippen molar-refractivity contribution in [3.63, 3.8) is 0 Å². The van der Waals surface area contributed by atoms with Crippen LogP contribution in [0.4, 0.5) is 20.5 Å². The normalized spacial score (nSPS) is 17.6. The number of nitrogens with two attached hydrogens (primary N) is 1. The Bertz CT molecular complexity index is 1030. The summed E-state index contributed by atoms with van der Waals surface area (Å²) >= 11 is 1.36. The van der Waals surface area contributed by atoms with Gasteiger partial charge in [0.25, 0.3) is 5.92 Å². The zero-order chi connectivity index (χ0) is 20.6. The van der Waals surface area contributed by atoms with Crippen LogP contribution in [-0.2, 0) is 6.54 Å². The van der Waals surface area contributed by atoms with E-state index in [9.17, 15) is 17.9 Å². The van der Waals surface area contributed by atoms with Crippen LogP contribution in [0.15, 0.2) is 40.6 Å². The Kier molecular flexibility index (Phi) is 5.34. The third-order valence-electron chi connectivity index (χ3n) is 4.72. The highest BCUT2D eigenvalue weighted by Gasteiger charge is 2.29. The Balaban J connectivity index is 1.69. The van der Waals surface area contributed by atoms with Gasteiger partial charge in [-0.2, -0.15) is 15.6 Å².